The van der Waals surface area contributed by atoms with Gasteiger partial charge in [0, 0.05) is 18.3 Å². The average Bonchev–Trinajstić information content (AvgIpc) is 2.90. The second kappa shape index (κ2) is 4.37. The molecule has 5 nitrogen and oxygen atoms in total. The van der Waals surface area contributed by atoms with E-state index in [9.17, 15) is 0 Å². The molecule has 3 aromatic heterocycles. The van der Waals surface area contributed by atoms with Gasteiger partial charge in [0.2, 0.25) is 5.69 Å². The summed E-state index contributed by atoms with van der Waals surface area (Å²) in [5.74, 6) is 0.759. The first-order valence-electron chi connectivity index (χ1n) is 5.63. The molecule has 88 valence electrons. The van der Waals surface area contributed by atoms with E-state index in [1.807, 2.05) is 60.4 Å². The van der Waals surface area contributed by atoms with Gasteiger partial charge in [0.05, 0.1) is 6.20 Å². The summed E-state index contributed by atoms with van der Waals surface area (Å²) in [5, 5.41) is 8.27. The van der Waals surface area contributed by atoms with Crippen molar-refractivity contribution < 1.29 is 4.57 Å². The van der Waals surface area contributed by atoms with Crippen LogP contribution in [0.4, 0.5) is 0 Å². The number of aryl methyl sites for hydroxylation is 1. The molecular formula is C13H12N5+. The van der Waals surface area contributed by atoms with Crippen LogP contribution < -0.4 is 4.57 Å². The molecule has 0 aliphatic carbocycles. The summed E-state index contributed by atoms with van der Waals surface area (Å²) in [5.41, 5.74) is 1.84. The summed E-state index contributed by atoms with van der Waals surface area (Å²) >= 11 is 0. The van der Waals surface area contributed by atoms with E-state index in [-0.39, 0.29) is 0 Å². The molecule has 3 heterocycles. The van der Waals surface area contributed by atoms with Crippen LogP contribution in [0.2, 0.25) is 0 Å². The van der Waals surface area contributed by atoms with Gasteiger partial charge in [-0.15, -0.1) is 5.10 Å². The van der Waals surface area contributed by atoms with E-state index < -0.39 is 0 Å². The fourth-order valence-electron chi connectivity index (χ4n) is 1.77. The number of hydrogen-bond donors (Lipinski definition) is 0. The Morgan fingerprint density at radius 3 is 2.78 bits per heavy atom. The lowest BCUT2D eigenvalue weighted by Gasteiger charge is -1.96. The van der Waals surface area contributed by atoms with Gasteiger partial charge in [-0.1, -0.05) is 11.3 Å². The van der Waals surface area contributed by atoms with Crippen molar-refractivity contribution in [3.05, 3.63) is 55.0 Å². The third-order valence-electron chi connectivity index (χ3n) is 2.69. The van der Waals surface area contributed by atoms with Gasteiger partial charge in [-0.2, -0.15) is 4.57 Å². The number of rotatable bonds is 2. The third-order valence-corrected chi connectivity index (χ3v) is 2.69. The van der Waals surface area contributed by atoms with Gasteiger partial charge in [0.1, 0.15) is 7.05 Å². The van der Waals surface area contributed by atoms with Gasteiger partial charge in [-0.3, -0.25) is 0 Å². The molecule has 0 aromatic carbocycles. The van der Waals surface area contributed by atoms with E-state index in [1.54, 1.807) is 10.9 Å². The average molecular weight is 238 g/mol. The standard InChI is InChI=1S/C13H12N5/c1-17-9-5-3-6-12(17)11-10-18(16-15-11)13-7-2-4-8-14-13/h2-10H,1H3/q+1. The van der Waals surface area contributed by atoms with Gasteiger partial charge in [0.25, 0.3) is 0 Å². The molecular weight excluding hydrogens is 226 g/mol. The molecule has 3 rings (SSSR count). The molecule has 0 aliphatic rings. The summed E-state index contributed by atoms with van der Waals surface area (Å²) in [7, 11) is 1.98. The van der Waals surface area contributed by atoms with E-state index in [4.69, 9.17) is 0 Å². The van der Waals surface area contributed by atoms with Crippen LogP contribution in [0.3, 0.4) is 0 Å². The SMILES string of the molecule is C[n+]1ccccc1-c1cn(-c2ccccn2)nn1. The zero-order valence-corrected chi connectivity index (χ0v) is 9.93. The fraction of sp³-hybridized carbons (Fsp3) is 0.0769. The van der Waals surface area contributed by atoms with Crippen LogP contribution in [0, 0.1) is 0 Å². The monoisotopic (exact) mass is 238 g/mol. The van der Waals surface area contributed by atoms with Crippen molar-refractivity contribution in [1.29, 1.82) is 0 Å². The van der Waals surface area contributed by atoms with Gasteiger partial charge < -0.3 is 0 Å². The minimum atomic E-state index is 0.759. The number of nitrogens with zero attached hydrogens (tertiary/aromatic N) is 5. The smallest absolute Gasteiger partial charge is 0.234 e. The summed E-state index contributed by atoms with van der Waals surface area (Å²) in [4.78, 5) is 4.23. The first-order valence-corrected chi connectivity index (χ1v) is 5.63. The molecule has 0 saturated heterocycles. The van der Waals surface area contributed by atoms with Crippen LogP contribution in [-0.2, 0) is 7.05 Å². The second-order valence-electron chi connectivity index (χ2n) is 3.93. The first-order chi connectivity index (χ1) is 8.84. The highest BCUT2D eigenvalue weighted by atomic mass is 15.4. The summed E-state index contributed by atoms with van der Waals surface area (Å²) < 4.78 is 3.68. The molecule has 0 atom stereocenters. The molecule has 0 radical (unpaired) electrons. The molecule has 0 unspecified atom stereocenters. The van der Waals surface area contributed by atoms with Crippen LogP contribution in [-0.4, -0.2) is 20.0 Å². The lowest BCUT2D eigenvalue weighted by molar-refractivity contribution is -0.660. The van der Waals surface area contributed by atoms with E-state index in [1.165, 1.54) is 0 Å². The van der Waals surface area contributed by atoms with Crippen molar-refractivity contribution in [3.63, 3.8) is 0 Å². The molecule has 0 N–H and O–H groups in total. The van der Waals surface area contributed by atoms with Gasteiger partial charge in [0.15, 0.2) is 17.7 Å². The zero-order chi connectivity index (χ0) is 12.4. The molecule has 0 fully saturated rings. The lowest BCUT2D eigenvalue weighted by Crippen LogP contribution is -2.29. The molecule has 0 bridgehead atoms. The Bertz CT molecular complexity index is 660. The van der Waals surface area contributed by atoms with Crippen LogP contribution in [0.1, 0.15) is 0 Å². The number of aromatic nitrogens is 5. The van der Waals surface area contributed by atoms with Crippen LogP contribution in [0.25, 0.3) is 17.2 Å². The number of pyridine rings is 2. The Morgan fingerprint density at radius 1 is 1.11 bits per heavy atom. The Balaban J connectivity index is 2.03. The Labute approximate surface area is 104 Å². The summed E-state index contributed by atoms with van der Waals surface area (Å²) in [6.07, 6.45) is 5.59. The van der Waals surface area contributed by atoms with Crippen molar-refractivity contribution in [1.82, 2.24) is 20.0 Å². The molecule has 5 heteroatoms. The third kappa shape index (κ3) is 1.86. The van der Waals surface area contributed by atoms with Crippen molar-refractivity contribution in [2.24, 2.45) is 7.05 Å². The highest BCUT2D eigenvalue weighted by Gasteiger charge is 2.13. The van der Waals surface area contributed by atoms with Crippen molar-refractivity contribution in [2.75, 3.05) is 0 Å². The molecule has 18 heavy (non-hydrogen) atoms. The van der Waals surface area contributed by atoms with E-state index in [0.717, 1.165) is 17.2 Å². The summed E-state index contributed by atoms with van der Waals surface area (Å²) in [6, 6.07) is 11.7. The highest BCUT2D eigenvalue weighted by molar-refractivity contribution is 5.48. The van der Waals surface area contributed by atoms with Crippen LogP contribution in [0.15, 0.2) is 55.0 Å². The molecule has 0 aliphatic heterocycles. The number of hydrogen-bond acceptors (Lipinski definition) is 3. The molecule has 3 aromatic rings. The molecule has 0 amide bonds. The molecule has 0 spiro atoms. The quantitative estimate of drug-likeness (QED) is 0.629. The van der Waals surface area contributed by atoms with Crippen LogP contribution in [0.5, 0.6) is 0 Å². The summed E-state index contributed by atoms with van der Waals surface area (Å²) in [6.45, 7) is 0. The topological polar surface area (TPSA) is 47.5 Å². The normalized spacial score (nSPS) is 10.5. The van der Waals surface area contributed by atoms with E-state index in [0.29, 0.717) is 0 Å². The Morgan fingerprint density at radius 2 is 2.00 bits per heavy atom. The maximum atomic E-state index is 4.23. The minimum Gasteiger partial charge on any atom is -0.237 e. The lowest BCUT2D eigenvalue weighted by atomic mass is 10.3. The maximum Gasteiger partial charge on any atom is 0.234 e. The van der Waals surface area contributed by atoms with Gasteiger partial charge >= 0.3 is 0 Å². The predicted molar refractivity (Wildman–Crippen MR) is 65.8 cm³/mol. The Hall–Kier alpha value is -2.56. The van der Waals surface area contributed by atoms with Crippen LogP contribution >= 0.6 is 0 Å². The van der Waals surface area contributed by atoms with E-state index >= 15 is 0 Å². The van der Waals surface area contributed by atoms with E-state index in [2.05, 4.69) is 15.3 Å². The zero-order valence-electron chi connectivity index (χ0n) is 9.93. The van der Waals surface area contributed by atoms with Crippen molar-refractivity contribution in [3.8, 4) is 17.2 Å². The fourth-order valence-corrected chi connectivity index (χ4v) is 1.77. The predicted octanol–water partition coefficient (Wildman–Crippen LogP) is 1.15. The largest absolute Gasteiger partial charge is 0.237 e. The van der Waals surface area contributed by atoms with Gasteiger partial charge in [-0.25, -0.2) is 9.67 Å². The Kier molecular flexibility index (Phi) is 2.57. The van der Waals surface area contributed by atoms with Gasteiger partial charge in [-0.05, 0) is 18.2 Å². The maximum absolute atomic E-state index is 4.23. The highest BCUT2D eigenvalue weighted by Crippen LogP contribution is 2.12. The first kappa shape index (κ1) is 10.6. The minimum absolute atomic E-state index is 0.759. The van der Waals surface area contributed by atoms with Crippen molar-refractivity contribution >= 4 is 0 Å². The van der Waals surface area contributed by atoms with Crippen molar-refractivity contribution in [2.45, 2.75) is 0 Å². The second-order valence-corrected chi connectivity index (χ2v) is 3.93. The molecule has 0 saturated carbocycles.